The SMILES string of the molecule is CCOc1cccc2cc(C(C)NC3CCN(OC)CC3)oc12. The van der Waals surface area contributed by atoms with Gasteiger partial charge < -0.3 is 19.3 Å². The quantitative estimate of drug-likeness (QED) is 0.883. The Hall–Kier alpha value is -1.56. The molecular weight excluding hydrogens is 292 g/mol. The van der Waals surface area contributed by atoms with Crippen LogP contribution in [0, 0.1) is 0 Å². The predicted octanol–water partition coefficient (Wildman–Crippen LogP) is 3.51. The fraction of sp³-hybridized carbons (Fsp3) is 0.556. The van der Waals surface area contributed by atoms with Crippen LogP contribution in [0.2, 0.25) is 0 Å². The van der Waals surface area contributed by atoms with Gasteiger partial charge in [0.05, 0.1) is 19.8 Å². The number of hydrogen-bond acceptors (Lipinski definition) is 5. The summed E-state index contributed by atoms with van der Waals surface area (Å²) in [5.41, 5.74) is 0.840. The Labute approximate surface area is 137 Å². The molecular formula is C18H26N2O3. The third-order valence-electron chi connectivity index (χ3n) is 4.45. The molecule has 23 heavy (non-hydrogen) atoms. The molecule has 2 aromatic rings. The molecule has 5 nitrogen and oxygen atoms in total. The van der Waals surface area contributed by atoms with Crippen LogP contribution < -0.4 is 10.1 Å². The Bertz CT molecular complexity index is 632. The van der Waals surface area contributed by atoms with E-state index in [0.29, 0.717) is 12.6 Å². The molecule has 1 N–H and O–H groups in total. The molecule has 1 fully saturated rings. The number of para-hydroxylation sites is 1. The van der Waals surface area contributed by atoms with Crippen molar-refractivity contribution in [2.45, 2.75) is 38.8 Å². The lowest BCUT2D eigenvalue weighted by Crippen LogP contribution is -2.42. The average Bonchev–Trinajstić information content (AvgIpc) is 3.01. The van der Waals surface area contributed by atoms with Crippen molar-refractivity contribution >= 4 is 11.0 Å². The lowest BCUT2D eigenvalue weighted by Gasteiger charge is -2.31. The van der Waals surface area contributed by atoms with Crippen molar-refractivity contribution < 1.29 is 14.0 Å². The molecule has 1 aromatic heterocycles. The first-order valence-corrected chi connectivity index (χ1v) is 8.41. The maximum absolute atomic E-state index is 6.07. The van der Waals surface area contributed by atoms with Gasteiger partial charge in [0.2, 0.25) is 0 Å². The summed E-state index contributed by atoms with van der Waals surface area (Å²) in [6, 6.07) is 8.81. The molecule has 0 aliphatic carbocycles. The van der Waals surface area contributed by atoms with Gasteiger partial charge in [0, 0.05) is 24.5 Å². The van der Waals surface area contributed by atoms with E-state index in [1.165, 1.54) is 0 Å². The highest BCUT2D eigenvalue weighted by Crippen LogP contribution is 2.31. The number of ether oxygens (including phenoxy) is 1. The first-order valence-electron chi connectivity index (χ1n) is 8.41. The lowest BCUT2D eigenvalue weighted by atomic mass is 10.0. The molecule has 0 bridgehead atoms. The van der Waals surface area contributed by atoms with Crippen LogP contribution in [-0.4, -0.2) is 37.9 Å². The molecule has 2 heterocycles. The van der Waals surface area contributed by atoms with Gasteiger partial charge in [0.1, 0.15) is 5.76 Å². The standard InChI is InChI=1S/C18H26N2O3/c1-4-22-16-7-5-6-14-12-17(23-18(14)16)13(2)19-15-8-10-20(21-3)11-9-15/h5-7,12-13,15,19H,4,8-11H2,1-3H3. The Balaban J connectivity index is 1.69. The van der Waals surface area contributed by atoms with Gasteiger partial charge in [-0.05, 0) is 38.8 Å². The number of hydroxylamine groups is 2. The lowest BCUT2D eigenvalue weighted by molar-refractivity contribution is -0.145. The van der Waals surface area contributed by atoms with Gasteiger partial charge in [-0.15, -0.1) is 0 Å². The summed E-state index contributed by atoms with van der Waals surface area (Å²) < 4.78 is 11.7. The van der Waals surface area contributed by atoms with Gasteiger partial charge in [0.25, 0.3) is 0 Å². The van der Waals surface area contributed by atoms with Crippen LogP contribution in [0.4, 0.5) is 0 Å². The van der Waals surface area contributed by atoms with E-state index in [4.69, 9.17) is 14.0 Å². The molecule has 0 amide bonds. The molecule has 5 heteroatoms. The highest BCUT2D eigenvalue weighted by molar-refractivity contribution is 5.83. The van der Waals surface area contributed by atoms with Crippen LogP contribution in [0.5, 0.6) is 5.75 Å². The summed E-state index contributed by atoms with van der Waals surface area (Å²) in [7, 11) is 1.74. The number of nitrogens with one attached hydrogen (secondary N) is 1. The largest absolute Gasteiger partial charge is 0.490 e. The summed E-state index contributed by atoms with van der Waals surface area (Å²) in [6.45, 7) is 6.71. The van der Waals surface area contributed by atoms with Crippen LogP contribution in [0.3, 0.4) is 0 Å². The number of nitrogens with zero attached hydrogens (tertiary/aromatic N) is 1. The summed E-state index contributed by atoms with van der Waals surface area (Å²) in [5.74, 6) is 1.78. The van der Waals surface area contributed by atoms with Crippen molar-refractivity contribution in [2.75, 3.05) is 26.8 Å². The van der Waals surface area contributed by atoms with Gasteiger partial charge in [-0.25, -0.2) is 0 Å². The number of rotatable bonds is 6. The summed E-state index contributed by atoms with van der Waals surface area (Å²) >= 11 is 0. The van der Waals surface area contributed by atoms with E-state index in [0.717, 1.165) is 48.4 Å². The van der Waals surface area contributed by atoms with Crippen molar-refractivity contribution in [2.24, 2.45) is 0 Å². The fourth-order valence-electron chi connectivity index (χ4n) is 3.18. The Kier molecular flexibility index (Phi) is 5.20. The van der Waals surface area contributed by atoms with Crippen LogP contribution in [0.15, 0.2) is 28.7 Å². The maximum atomic E-state index is 6.07. The minimum Gasteiger partial charge on any atom is -0.490 e. The zero-order valence-electron chi connectivity index (χ0n) is 14.2. The van der Waals surface area contributed by atoms with E-state index in [1.807, 2.05) is 24.1 Å². The van der Waals surface area contributed by atoms with Crippen molar-refractivity contribution in [3.05, 3.63) is 30.0 Å². The minimum absolute atomic E-state index is 0.177. The third kappa shape index (κ3) is 3.68. The molecule has 126 valence electrons. The molecule has 1 atom stereocenters. The number of furan rings is 1. The molecule has 0 saturated carbocycles. The summed E-state index contributed by atoms with van der Waals surface area (Å²) in [4.78, 5) is 5.28. The molecule has 1 saturated heterocycles. The van der Waals surface area contributed by atoms with Crippen LogP contribution >= 0.6 is 0 Å². The Morgan fingerprint density at radius 1 is 1.35 bits per heavy atom. The average molecular weight is 318 g/mol. The predicted molar refractivity (Wildman–Crippen MR) is 90.5 cm³/mol. The van der Waals surface area contributed by atoms with Crippen LogP contribution in [0.25, 0.3) is 11.0 Å². The first-order chi connectivity index (χ1) is 11.2. The highest BCUT2D eigenvalue weighted by Gasteiger charge is 2.22. The third-order valence-corrected chi connectivity index (χ3v) is 4.45. The van der Waals surface area contributed by atoms with E-state index >= 15 is 0 Å². The number of fused-ring (bicyclic) bond motifs is 1. The normalized spacial score (nSPS) is 18.4. The fourth-order valence-corrected chi connectivity index (χ4v) is 3.18. The monoisotopic (exact) mass is 318 g/mol. The van der Waals surface area contributed by atoms with E-state index < -0.39 is 0 Å². The number of hydrogen-bond donors (Lipinski definition) is 1. The maximum Gasteiger partial charge on any atom is 0.176 e. The van der Waals surface area contributed by atoms with E-state index in [9.17, 15) is 0 Å². The topological polar surface area (TPSA) is 46.9 Å². The van der Waals surface area contributed by atoms with Crippen LogP contribution in [0.1, 0.15) is 38.5 Å². The van der Waals surface area contributed by atoms with Crippen LogP contribution in [-0.2, 0) is 4.84 Å². The van der Waals surface area contributed by atoms with Crippen molar-refractivity contribution in [3.8, 4) is 5.75 Å². The zero-order valence-corrected chi connectivity index (χ0v) is 14.2. The second kappa shape index (κ2) is 7.34. The molecule has 0 radical (unpaired) electrons. The van der Waals surface area contributed by atoms with E-state index in [1.54, 1.807) is 7.11 Å². The van der Waals surface area contributed by atoms with Crippen molar-refractivity contribution in [1.29, 1.82) is 0 Å². The Morgan fingerprint density at radius 3 is 2.83 bits per heavy atom. The number of piperidine rings is 1. The molecule has 1 aromatic carbocycles. The van der Waals surface area contributed by atoms with Gasteiger partial charge in [0.15, 0.2) is 11.3 Å². The smallest absolute Gasteiger partial charge is 0.176 e. The van der Waals surface area contributed by atoms with Gasteiger partial charge in [-0.1, -0.05) is 12.1 Å². The second-order valence-corrected chi connectivity index (χ2v) is 6.03. The van der Waals surface area contributed by atoms with Gasteiger partial charge in [-0.3, -0.25) is 0 Å². The van der Waals surface area contributed by atoms with Crippen molar-refractivity contribution in [1.82, 2.24) is 10.4 Å². The molecule has 1 aliphatic heterocycles. The first kappa shape index (κ1) is 16.3. The van der Waals surface area contributed by atoms with E-state index in [2.05, 4.69) is 24.4 Å². The summed E-state index contributed by atoms with van der Waals surface area (Å²) in [6.07, 6.45) is 2.17. The molecule has 1 aliphatic rings. The van der Waals surface area contributed by atoms with E-state index in [-0.39, 0.29) is 6.04 Å². The molecule has 1 unspecified atom stereocenters. The van der Waals surface area contributed by atoms with Gasteiger partial charge in [-0.2, -0.15) is 5.06 Å². The number of benzene rings is 1. The highest BCUT2D eigenvalue weighted by atomic mass is 16.7. The van der Waals surface area contributed by atoms with Gasteiger partial charge >= 0.3 is 0 Å². The molecule has 0 spiro atoms. The molecule has 3 rings (SSSR count). The second-order valence-electron chi connectivity index (χ2n) is 6.03. The summed E-state index contributed by atoms with van der Waals surface area (Å²) in [5, 5.41) is 6.78. The van der Waals surface area contributed by atoms with Crippen molar-refractivity contribution in [3.63, 3.8) is 0 Å². The minimum atomic E-state index is 0.177. The zero-order chi connectivity index (χ0) is 16.2. The Morgan fingerprint density at radius 2 is 2.13 bits per heavy atom.